The van der Waals surface area contributed by atoms with Gasteiger partial charge >= 0.3 is 0 Å². The van der Waals surface area contributed by atoms with Gasteiger partial charge in [0.15, 0.2) is 5.69 Å². The summed E-state index contributed by atoms with van der Waals surface area (Å²) in [7, 11) is 0. The van der Waals surface area contributed by atoms with Crippen LogP contribution >= 0.6 is 11.3 Å². The van der Waals surface area contributed by atoms with E-state index in [0.717, 1.165) is 24.9 Å². The van der Waals surface area contributed by atoms with Crippen LogP contribution in [0.5, 0.6) is 0 Å². The van der Waals surface area contributed by atoms with E-state index in [1.165, 1.54) is 4.88 Å². The molecule has 1 saturated heterocycles. The van der Waals surface area contributed by atoms with Gasteiger partial charge in [0.05, 0.1) is 18.8 Å². The van der Waals surface area contributed by atoms with Crippen LogP contribution in [0.15, 0.2) is 54.0 Å². The lowest BCUT2D eigenvalue weighted by molar-refractivity contribution is 0.0732. The molecule has 0 aliphatic carbocycles. The molecule has 0 N–H and O–H groups in total. The maximum absolute atomic E-state index is 12.8. The van der Waals surface area contributed by atoms with Crippen molar-refractivity contribution in [1.29, 1.82) is 0 Å². The SMILES string of the molecule is O=C(c1cn(Cc2ccccc2)nn1)N1CCCC1c1cccs1. The fraction of sp³-hybridized carbons (Fsp3) is 0.278. The quantitative estimate of drug-likeness (QED) is 0.733. The molecule has 0 bridgehead atoms. The first-order chi connectivity index (χ1) is 11.8. The molecule has 0 spiro atoms. The number of rotatable bonds is 4. The Labute approximate surface area is 144 Å². The molecule has 0 radical (unpaired) electrons. The van der Waals surface area contributed by atoms with E-state index in [1.54, 1.807) is 22.2 Å². The number of carbonyl (C=O) groups excluding carboxylic acids is 1. The molecule has 1 aliphatic rings. The van der Waals surface area contributed by atoms with Crippen LogP contribution in [0, 0.1) is 0 Å². The monoisotopic (exact) mass is 338 g/mol. The lowest BCUT2D eigenvalue weighted by Gasteiger charge is -2.22. The molecule has 122 valence electrons. The van der Waals surface area contributed by atoms with Crippen molar-refractivity contribution in [2.45, 2.75) is 25.4 Å². The zero-order valence-corrected chi connectivity index (χ0v) is 14.0. The van der Waals surface area contributed by atoms with Crippen molar-refractivity contribution in [2.75, 3.05) is 6.54 Å². The van der Waals surface area contributed by atoms with Crippen LogP contribution in [0.3, 0.4) is 0 Å². The Morgan fingerprint density at radius 2 is 2.08 bits per heavy atom. The molecule has 2 aromatic heterocycles. The van der Waals surface area contributed by atoms with Gasteiger partial charge in [0.2, 0.25) is 0 Å². The Morgan fingerprint density at radius 3 is 2.88 bits per heavy atom. The van der Waals surface area contributed by atoms with Gasteiger partial charge in [-0.05, 0) is 29.9 Å². The average molecular weight is 338 g/mol. The fourth-order valence-electron chi connectivity index (χ4n) is 3.18. The summed E-state index contributed by atoms with van der Waals surface area (Å²) < 4.78 is 1.72. The molecule has 6 heteroatoms. The molecule has 3 heterocycles. The third-order valence-electron chi connectivity index (χ3n) is 4.33. The first kappa shape index (κ1) is 15.1. The zero-order chi connectivity index (χ0) is 16.4. The van der Waals surface area contributed by atoms with Crippen LogP contribution < -0.4 is 0 Å². The van der Waals surface area contributed by atoms with Crippen molar-refractivity contribution in [1.82, 2.24) is 19.9 Å². The number of nitrogens with zero attached hydrogens (tertiary/aromatic N) is 4. The second-order valence-corrected chi connectivity index (χ2v) is 6.94. The predicted molar refractivity (Wildman–Crippen MR) is 92.9 cm³/mol. The summed E-state index contributed by atoms with van der Waals surface area (Å²) in [6, 6.07) is 14.4. The molecular formula is C18H18N4OS. The normalized spacial score (nSPS) is 17.3. The first-order valence-electron chi connectivity index (χ1n) is 8.10. The minimum Gasteiger partial charge on any atom is -0.329 e. The smallest absolute Gasteiger partial charge is 0.276 e. The molecule has 0 saturated carbocycles. The van der Waals surface area contributed by atoms with E-state index in [2.05, 4.69) is 21.8 Å². The van der Waals surface area contributed by atoms with Crippen LogP contribution in [0.25, 0.3) is 0 Å². The van der Waals surface area contributed by atoms with Crippen molar-refractivity contribution in [3.63, 3.8) is 0 Å². The third kappa shape index (κ3) is 2.97. The van der Waals surface area contributed by atoms with Crippen molar-refractivity contribution < 1.29 is 4.79 Å². The van der Waals surface area contributed by atoms with E-state index in [-0.39, 0.29) is 11.9 Å². The summed E-state index contributed by atoms with van der Waals surface area (Å²) in [6.07, 6.45) is 3.80. The molecule has 1 aliphatic heterocycles. The number of likely N-dealkylation sites (tertiary alicyclic amines) is 1. The molecule has 1 aromatic carbocycles. The minimum atomic E-state index is -0.0230. The number of thiophene rings is 1. The molecular weight excluding hydrogens is 320 g/mol. The number of benzene rings is 1. The number of amides is 1. The largest absolute Gasteiger partial charge is 0.329 e. The highest BCUT2D eigenvalue weighted by molar-refractivity contribution is 7.10. The molecule has 4 rings (SSSR count). The standard InChI is InChI=1S/C18H18N4OS/c23-18(22-10-4-8-16(22)17-9-5-11-24-17)15-13-21(20-19-15)12-14-6-2-1-3-7-14/h1-3,5-7,9,11,13,16H,4,8,10,12H2. The van der Waals surface area contributed by atoms with Crippen LogP contribution in [0.1, 0.15) is 39.8 Å². The van der Waals surface area contributed by atoms with Crippen LogP contribution in [0.2, 0.25) is 0 Å². The Hall–Kier alpha value is -2.47. The van der Waals surface area contributed by atoms with Gasteiger partial charge in [-0.2, -0.15) is 0 Å². The predicted octanol–water partition coefficient (Wildman–Crippen LogP) is 3.37. The van der Waals surface area contributed by atoms with Gasteiger partial charge in [-0.15, -0.1) is 16.4 Å². The van der Waals surface area contributed by atoms with Gasteiger partial charge in [-0.3, -0.25) is 4.79 Å². The summed E-state index contributed by atoms with van der Waals surface area (Å²) >= 11 is 1.71. The lowest BCUT2D eigenvalue weighted by atomic mass is 10.2. The molecule has 24 heavy (non-hydrogen) atoms. The minimum absolute atomic E-state index is 0.0230. The second-order valence-electron chi connectivity index (χ2n) is 5.96. The van der Waals surface area contributed by atoms with Crippen molar-refractivity contribution in [3.8, 4) is 0 Å². The summed E-state index contributed by atoms with van der Waals surface area (Å²) in [5.74, 6) is -0.0230. The summed E-state index contributed by atoms with van der Waals surface area (Å²) in [5, 5.41) is 10.3. The topological polar surface area (TPSA) is 51.0 Å². The van der Waals surface area contributed by atoms with Gasteiger partial charge in [0.1, 0.15) is 0 Å². The third-order valence-corrected chi connectivity index (χ3v) is 5.30. The molecule has 1 unspecified atom stereocenters. The fourth-order valence-corrected chi connectivity index (χ4v) is 4.05. The summed E-state index contributed by atoms with van der Waals surface area (Å²) in [6.45, 7) is 1.41. The highest BCUT2D eigenvalue weighted by Crippen LogP contribution is 2.35. The Balaban J connectivity index is 1.50. The van der Waals surface area contributed by atoms with Crippen LogP contribution in [-0.2, 0) is 6.54 Å². The van der Waals surface area contributed by atoms with E-state index in [4.69, 9.17) is 0 Å². The van der Waals surface area contributed by atoms with Gasteiger partial charge in [0.25, 0.3) is 5.91 Å². The Kier molecular flexibility index (Phi) is 4.13. The lowest BCUT2D eigenvalue weighted by Crippen LogP contribution is -2.30. The maximum Gasteiger partial charge on any atom is 0.276 e. The van der Waals surface area contributed by atoms with Gasteiger partial charge in [-0.1, -0.05) is 41.6 Å². The highest BCUT2D eigenvalue weighted by Gasteiger charge is 2.32. The van der Waals surface area contributed by atoms with E-state index in [1.807, 2.05) is 41.3 Å². The maximum atomic E-state index is 12.8. The zero-order valence-electron chi connectivity index (χ0n) is 13.2. The molecule has 1 fully saturated rings. The summed E-state index contributed by atoms with van der Waals surface area (Å²) in [4.78, 5) is 16.0. The average Bonchev–Trinajstić information content (AvgIpc) is 3.35. The van der Waals surface area contributed by atoms with Crippen molar-refractivity contribution >= 4 is 17.2 Å². The van der Waals surface area contributed by atoms with Crippen LogP contribution in [0.4, 0.5) is 0 Å². The first-order valence-corrected chi connectivity index (χ1v) is 8.97. The van der Waals surface area contributed by atoms with E-state index in [0.29, 0.717) is 12.2 Å². The second kappa shape index (κ2) is 6.57. The molecule has 1 atom stereocenters. The highest BCUT2D eigenvalue weighted by atomic mass is 32.1. The van der Waals surface area contributed by atoms with Crippen molar-refractivity contribution in [2.24, 2.45) is 0 Å². The summed E-state index contributed by atoms with van der Waals surface area (Å²) in [5.41, 5.74) is 1.56. The Bertz CT molecular complexity index is 813. The number of hydrogen-bond acceptors (Lipinski definition) is 4. The van der Waals surface area contributed by atoms with Gasteiger partial charge in [-0.25, -0.2) is 4.68 Å². The van der Waals surface area contributed by atoms with Crippen LogP contribution in [-0.4, -0.2) is 32.3 Å². The molecule has 1 amide bonds. The van der Waals surface area contributed by atoms with Gasteiger partial charge in [0, 0.05) is 11.4 Å². The molecule has 5 nitrogen and oxygen atoms in total. The van der Waals surface area contributed by atoms with E-state index >= 15 is 0 Å². The van der Waals surface area contributed by atoms with E-state index < -0.39 is 0 Å². The van der Waals surface area contributed by atoms with Gasteiger partial charge < -0.3 is 4.90 Å². The van der Waals surface area contributed by atoms with E-state index in [9.17, 15) is 4.79 Å². The number of carbonyl (C=O) groups is 1. The van der Waals surface area contributed by atoms with Crippen molar-refractivity contribution in [3.05, 3.63) is 70.2 Å². The number of aromatic nitrogens is 3. The Morgan fingerprint density at radius 1 is 1.21 bits per heavy atom. The number of hydrogen-bond donors (Lipinski definition) is 0. The molecule has 3 aromatic rings.